The highest BCUT2D eigenvalue weighted by molar-refractivity contribution is 9.10. The van der Waals surface area contributed by atoms with E-state index in [-0.39, 0.29) is 12.0 Å². The van der Waals surface area contributed by atoms with Gasteiger partial charge in [0.2, 0.25) is 0 Å². The number of rotatable bonds is 7. The van der Waals surface area contributed by atoms with Gasteiger partial charge in [-0.1, -0.05) is 12.1 Å². The van der Waals surface area contributed by atoms with E-state index in [4.69, 9.17) is 14.2 Å². The minimum Gasteiger partial charge on any atom is -0.496 e. The third kappa shape index (κ3) is 4.98. The number of hydrogen-bond acceptors (Lipinski definition) is 5. The minimum atomic E-state index is -0.357. The van der Waals surface area contributed by atoms with E-state index in [2.05, 4.69) is 26.5 Å². The summed E-state index contributed by atoms with van der Waals surface area (Å²) in [5, 5.41) is 4.00. The first-order valence-corrected chi connectivity index (χ1v) is 8.76. The maximum absolute atomic E-state index is 12.2. The third-order valence-corrected chi connectivity index (χ3v) is 3.93. The summed E-state index contributed by atoms with van der Waals surface area (Å²) in [5.41, 5.74) is 3.64. The number of nitrogens with zero attached hydrogens (tertiary/aromatic N) is 1. The average molecular weight is 421 g/mol. The lowest BCUT2D eigenvalue weighted by Gasteiger charge is -2.15. The Hall–Kier alpha value is -2.54. The van der Waals surface area contributed by atoms with Gasteiger partial charge in [-0.15, -0.1) is 0 Å². The number of carbonyl (C=O) groups excluding carboxylic acids is 1. The van der Waals surface area contributed by atoms with Crippen molar-refractivity contribution in [2.24, 2.45) is 5.10 Å². The van der Waals surface area contributed by atoms with Gasteiger partial charge in [0, 0.05) is 0 Å². The average Bonchev–Trinajstić information content (AvgIpc) is 2.63. The summed E-state index contributed by atoms with van der Waals surface area (Å²) >= 11 is 3.47. The van der Waals surface area contributed by atoms with Crippen molar-refractivity contribution in [1.82, 2.24) is 5.43 Å². The predicted molar refractivity (Wildman–Crippen MR) is 105 cm³/mol. The first-order valence-electron chi connectivity index (χ1n) is 7.96. The molecule has 0 unspecified atom stereocenters. The largest absolute Gasteiger partial charge is 0.496 e. The van der Waals surface area contributed by atoms with E-state index >= 15 is 0 Å². The SMILES string of the molecule is COc1ccccc1C(=O)N/N=C/c1cc(Br)c(OC(C)C)c(OC)c1. The van der Waals surface area contributed by atoms with Gasteiger partial charge in [0.05, 0.1) is 36.6 Å². The molecule has 0 aliphatic heterocycles. The molecule has 0 atom stereocenters. The van der Waals surface area contributed by atoms with E-state index in [0.29, 0.717) is 22.8 Å². The van der Waals surface area contributed by atoms with E-state index < -0.39 is 0 Å². The Morgan fingerprint density at radius 2 is 1.85 bits per heavy atom. The molecule has 0 heterocycles. The van der Waals surface area contributed by atoms with E-state index in [9.17, 15) is 4.79 Å². The number of amides is 1. The second-order valence-electron chi connectivity index (χ2n) is 5.60. The van der Waals surface area contributed by atoms with E-state index in [1.165, 1.54) is 13.3 Å². The number of para-hydroxylation sites is 1. The van der Waals surface area contributed by atoms with Crippen molar-refractivity contribution in [2.45, 2.75) is 20.0 Å². The Bertz CT molecular complexity index is 806. The summed E-state index contributed by atoms with van der Waals surface area (Å²) in [5.74, 6) is 1.33. The highest BCUT2D eigenvalue weighted by atomic mass is 79.9. The molecule has 138 valence electrons. The second kappa shape index (κ2) is 9.24. The summed E-state index contributed by atoms with van der Waals surface area (Å²) in [4.78, 5) is 12.2. The van der Waals surface area contributed by atoms with Crippen LogP contribution in [0.3, 0.4) is 0 Å². The fraction of sp³-hybridized carbons (Fsp3) is 0.263. The van der Waals surface area contributed by atoms with E-state index in [1.807, 2.05) is 19.9 Å². The second-order valence-corrected chi connectivity index (χ2v) is 6.45. The molecule has 0 saturated heterocycles. The summed E-state index contributed by atoms with van der Waals surface area (Å²) in [6.07, 6.45) is 1.54. The van der Waals surface area contributed by atoms with Gasteiger partial charge in [0.15, 0.2) is 11.5 Å². The lowest BCUT2D eigenvalue weighted by atomic mass is 10.2. The quantitative estimate of drug-likeness (QED) is 0.542. The van der Waals surface area contributed by atoms with Crippen molar-refractivity contribution in [2.75, 3.05) is 14.2 Å². The number of nitrogens with one attached hydrogen (secondary N) is 1. The van der Waals surface area contributed by atoms with Gasteiger partial charge >= 0.3 is 0 Å². The highest BCUT2D eigenvalue weighted by Gasteiger charge is 2.13. The molecule has 2 aromatic rings. The van der Waals surface area contributed by atoms with Crippen LogP contribution in [0.4, 0.5) is 0 Å². The zero-order valence-corrected chi connectivity index (χ0v) is 16.7. The van der Waals surface area contributed by atoms with Gasteiger partial charge < -0.3 is 14.2 Å². The number of carbonyl (C=O) groups is 1. The molecule has 0 fully saturated rings. The molecule has 0 aliphatic carbocycles. The number of halogens is 1. The van der Waals surface area contributed by atoms with Gasteiger partial charge in [-0.3, -0.25) is 4.79 Å². The van der Waals surface area contributed by atoms with Gasteiger partial charge in [-0.25, -0.2) is 5.43 Å². The molecular weight excluding hydrogens is 400 g/mol. The maximum atomic E-state index is 12.2. The Kier molecular flexibility index (Phi) is 7.03. The van der Waals surface area contributed by atoms with Crippen LogP contribution < -0.4 is 19.6 Å². The van der Waals surface area contributed by atoms with E-state index in [0.717, 1.165) is 10.0 Å². The molecule has 2 rings (SSSR count). The minimum absolute atomic E-state index is 0.0138. The molecule has 0 saturated carbocycles. The molecule has 0 radical (unpaired) electrons. The van der Waals surface area contributed by atoms with Crippen LogP contribution in [0.1, 0.15) is 29.8 Å². The van der Waals surface area contributed by atoms with Crippen LogP contribution in [-0.2, 0) is 0 Å². The normalized spacial score (nSPS) is 10.8. The molecule has 0 spiro atoms. The molecule has 7 heteroatoms. The number of hydrogen-bond donors (Lipinski definition) is 1. The molecule has 6 nitrogen and oxygen atoms in total. The molecule has 0 aromatic heterocycles. The van der Waals surface area contributed by atoms with Crippen molar-refractivity contribution in [3.05, 3.63) is 52.0 Å². The number of benzene rings is 2. The fourth-order valence-corrected chi connectivity index (χ4v) is 2.78. The Labute approximate surface area is 161 Å². The smallest absolute Gasteiger partial charge is 0.275 e. The van der Waals surface area contributed by atoms with Crippen molar-refractivity contribution in [1.29, 1.82) is 0 Å². The zero-order chi connectivity index (χ0) is 19.1. The van der Waals surface area contributed by atoms with Crippen LogP contribution in [0.15, 0.2) is 46.0 Å². The van der Waals surface area contributed by atoms with Gasteiger partial charge in [-0.2, -0.15) is 5.10 Å². The van der Waals surface area contributed by atoms with Crippen LogP contribution in [-0.4, -0.2) is 32.4 Å². The van der Waals surface area contributed by atoms with Crippen molar-refractivity contribution in [3.8, 4) is 17.2 Å². The predicted octanol–water partition coefficient (Wildman–Crippen LogP) is 4.02. The molecule has 2 aromatic carbocycles. The Balaban J connectivity index is 2.15. The highest BCUT2D eigenvalue weighted by Crippen LogP contribution is 2.36. The van der Waals surface area contributed by atoms with Crippen molar-refractivity contribution < 1.29 is 19.0 Å². The number of ether oxygens (including phenoxy) is 3. The molecule has 1 N–H and O–H groups in total. The summed E-state index contributed by atoms with van der Waals surface area (Å²) in [6, 6.07) is 10.6. The summed E-state index contributed by atoms with van der Waals surface area (Å²) in [7, 11) is 3.08. The monoisotopic (exact) mass is 420 g/mol. The first kappa shape index (κ1) is 19.8. The summed E-state index contributed by atoms with van der Waals surface area (Å²) < 4.78 is 17.0. The molecule has 26 heavy (non-hydrogen) atoms. The van der Waals surface area contributed by atoms with E-state index in [1.54, 1.807) is 37.4 Å². The molecule has 1 amide bonds. The fourth-order valence-electron chi connectivity index (χ4n) is 2.22. The molecular formula is C19H21BrN2O4. The van der Waals surface area contributed by atoms with Crippen LogP contribution in [0.2, 0.25) is 0 Å². The number of hydrazone groups is 1. The van der Waals surface area contributed by atoms with Crippen LogP contribution in [0, 0.1) is 0 Å². The maximum Gasteiger partial charge on any atom is 0.275 e. The Morgan fingerprint density at radius 1 is 1.15 bits per heavy atom. The standard InChI is InChI=1S/C19H21BrN2O4/c1-12(2)26-18-15(20)9-13(10-17(18)25-4)11-21-22-19(23)14-7-5-6-8-16(14)24-3/h5-12H,1-4H3,(H,22,23)/b21-11+. The van der Waals surface area contributed by atoms with Crippen LogP contribution in [0.25, 0.3) is 0 Å². The zero-order valence-electron chi connectivity index (χ0n) is 15.1. The van der Waals surface area contributed by atoms with Gasteiger partial charge in [-0.05, 0) is 59.6 Å². The van der Waals surface area contributed by atoms with Crippen molar-refractivity contribution >= 4 is 28.1 Å². The topological polar surface area (TPSA) is 69.2 Å². The van der Waals surface area contributed by atoms with Crippen LogP contribution in [0.5, 0.6) is 17.2 Å². The molecule has 0 bridgehead atoms. The van der Waals surface area contributed by atoms with Gasteiger partial charge in [0.25, 0.3) is 5.91 Å². The lowest BCUT2D eigenvalue weighted by molar-refractivity contribution is 0.0952. The van der Waals surface area contributed by atoms with Gasteiger partial charge in [0.1, 0.15) is 5.75 Å². The first-order chi connectivity index (χ1) is 12.5. The number of methoxy groups -OCH3 is 2. The third-order valence-electron chi connectivity index (χ3n) is 3.34. The van der Waals surface area contributed by atoms with Crippen molar-refractivity contribution in [3.63, 3.8) is 0 Å². The van der Waals surface area contributed by atoms with Crippen LogP contribution >= 0.6 is 15.9 Å². The molecule has 0 aliphatic rings. The summed E-state index contributed by atoms with van der Waals surface area (Å²) in [6.45, 7) is 3.88. The Morgan fingerprint density at radius 3 is 2.50 bits per heavy atom. The lowest BCUT2D eigenvalue weighted by Crippen LogP contribution is -2.18.